The molecule has 0 aliphatic carbocycles. The van der Waals surface area contributed by atoms with E-state index in [9.17, 15) is 0 Å². The van der Waals surface area contributed by atoms with Crippen molar-refractivity contribution in [1.29, 1.82) is 5.41 Å². The first kappa shape index (κ1) is 31.4. The molecule has 0 aliphatic heterocycles. The molecule has 0 radical (unpaired) electrons. The van der Waals surface area contributed by atoms with Gasteiger partial charge < -0.3 is 11.1 Å². The minimum absolute atomic E-state index is 0.424. The van der Waals surface area contributed by atoms with Crippen molar-refractivity contribution < 1.29 is 0 Å². The molecule has 210 valence electrons. The third kappa shape index (κ3) is 7.99. The standard InChI is InChI=1S/C38H42N2S/c1-6-8-11-18-28(3)37-35(38(5,32-21-12-9-13-22-32)33-23-14-10-15-24-33)25-30(26-36(37)41)19-16-20-31(29(4)39)27-34(40)17-7-2/h6-18,20-26,40-41H,1,19,27,39H2,2-5H3/b11-8-,17-7-,20-16-,28-18+,31-29+,40-34?. The summed E-state index contributed by atoms with van der Waals surface area (Å²) >= 11 is 5.07. The summed E-state index contributed by atoms with van der Waals surface area (Å²) in [5, 5.41) is 8.19. The molecule has 41 heavy (non-hydrogen) atoms. The molecule has 2 nitrogen and oxygen atoms in total. The second kappa shape index (κ2) is 15.1. The van der Waals surface area contributed by atoms with E-state index in [0.29, 0.717) is 18.6 Å². The monoisotopic (exact) mass is 558 g/mol. The lowest BCUT2D eigenvalue weighted by Gasteiger charge is -2.35. The number of hydrogen-bond donors (Lipinski definition) is 3. The van der Waals surface area contributed by atoms with Crippen LogP contribution in [0.3, 0.4) is 0 Å². The zero-order chi connectivity index (χ0) is 29.8. The van der Waals surface area contributed by atoms with Crippen LogP contribution >= 0.6 is 12.6 Å². The maximum Gasteiger partial charge on any atom is 0.0429 e. The average Bonchev–Trinajstić information content (AvgIpc) is 2.97. The molecule has 0 aromatic heterocycles. The van der Waals surface area contributed by atoms with Crippen LogP contribution in [0.4, 0.5) is 0 Å². The van der Waals surface area contributed by atoms with Gasteiger partial charge in [0.25, 0.3) is 0 Å². The van der Waals surface area contributed by atoms with E-state index in [4.69, 9.17) is 23.8 Å². The van der Waals surface area contributed by atoms with E-state index in [-0.39, 0.29) is 0 Å². The SMILES string of the molecule is C=C/C=C\C=C(/C)c1c(S)cc(C/C=C\C(CC(=N)/C=C\C)=C(\C)N)cc1C(C)(c1ccccc1)c1ccccc1. The van der Waals surface area contributed by atoms with Crippen molar-refractivity contribution in [3.8, 4) is 0 Å². The summed E-state index contributed by atoms with van der Waals surface area (Å²) in [6, 6.07) is 25.9. The Labute approximate surface area is 252 Å². The molecule has 0 saturated carbocycles. The zero-order valence-electron chi connectivity index (χ0n) is 24.7. The number of thiol groups is 1. The molecule has 0 bridgehead atoms. The highest BCUT2D eigenvalue weighted by atomic mass is 32.1. The van der Waals surface area contributed by atoms with Crippen molar-refractivity contribution in [3.63, 3.8) is 0 Å². The van der Waals surface area contributed by atoms with Crippen LogP contribution < -0.4 is 5.73 Å². The summed E-state index contributed by atoms with van der Waals surface area (Å²) in [4.78, 5) is 0.936. The van der Waals surface area contributed by atoms with Crippen LogP contribution in [0.5, 0.6) is 0 Å². The Hall–Kier alpha value is -4.08. The number of rotatable bonds is 12. The molecule has 3 N–H and O–H groups in total. The fourth-order valence-electron chi connectivity index (χ4n) is 5.13. The van der Waals surface area contributed by atoms with E-state index < -0.39 is 5.41 Å². The molecule has 0 amide bonds. The van der Waals surface area contributed by atoms with Gasteiger partial charge in [-0.1, -0.05) is 116 Å². The fraction of sp³-hybridized carbons (Fsp3) is 0.184. The average molecular weight is 559 g/mol. The third-order valence-corrected chi connectivity index (χ3v) is 7.69. The van der Waals surface area contributed by atoms with Gasteiger partial charge in [0.15, 0.2) is 0 Å². The number of benzene rings is 3. The Bertz CT molecular complexity index is 1460. The highest BCUT2D eigenvalue weighted by molar-refractivity contribution is 7.80. The van der Waals surface area contributed by atoms with Gasteiger partial charge in [-0.25, -0.2) is 0 Å². The van der Waals surface area contributed by atoms with Crippen molar-refractivity contribution in [1.82, 2.24) is 0 Å². The summed E-state index contributed by atoms with van der Waals surface area (Å²) in [6.07, 6.45) is 17.0. The fourth-order valence-corrected chi connectivity index (χ4v) is 5.59. The molecular weight excluding hydrogens is 516 g/mol. The highest BCUT2D eigenvalue weighted by Gasteiger charge is 2.34. The first-order chi connectivity index (χ1) is 19.7. The lowest BCUT2D eigenvalue weighted by Crippen LogP contribution is -2.27. The summed E-state index contributed by atoms with van der Waals surface area (Å²) in [7, 11) is 0. The minimum atomic E-state index is -0.424. The summed E-state index contributed by atoms with van der Waals surface area (Å²) in [6.45, 7) is 12.1. The van der Waals surface area contributed by atoms with Gasteiger partial charge in [0.2, 0.25) is 0 Å². The summed E-state index contributed by atoms with van der Waals surface area (Å²) in [5.41, 5.74) is 15.0. The van der Waals surface area contributed by atoms with E-state index in [0.717, 1.165) is 32.9 Å². The third-order valence-electron chi connectivity index (χ3n) is 7.33. The highest BCUT2D eigenvalue weighted by Crippen LogP contribution is 2.44. The lowest BCUT2D eigenvalue weighted by molar-refractivity contribution is 0.686. The summed E-state index contributed by atoms with van der Waals surface area (Å²) < 4.78 is 0. The van der Waals surface area contributed by atoms with Crippen LogP contribution in [0, 0.1) is 5.41 Å². The van der Waals surface area contributed by atoms with Crippen molar-refractivity contribution in [3.05, 3.63) is 167 Å². The molecule has 0 unspecified atom stereocenters. The van der Waals surface area contributed by atoms with Crippen molar-refractivity contribution in [2.45, 2.75) is 50.8 Å². The molecule has 0 heterocycles. The molecule has 0 aliphatic rings. The van der Waals surface area contributed by atoms with E-state index in [2.05, 4.69) is 111 Å². The predicted molar refractivity (Wildman–Crippen MR) is 182 cm³/mol. The van der Waals surface area contributed by atoms with Crippen LogP contribution in [0.2, 0.25) is 0 Å². The van der Waals surface area contributed by atoms with Crippen LogP contribution in [0.25, 0.3) is 5.57 Å². The van der Waals surface area contributed by atoms with E-state index >= 15 is 0 Å². The Balaban J connectivity index is 2.21. The lowest BCUT2D eigenvalue weighted by atomic mass is 9.68. The van der Waals surface area contributed by atoms with Crippen molar-refractivity contribution >= 4 is 23.9 Å². The molecule has 3 rings (SSSR count). The van der Waals surface area contributed by atoms with Crippen LogP contribution in [0.1, 0.15) is 61.9 Å². The molecule has 3 aromatic rings. The number of nitrogens with one attached hydrogen (secondary N) is 1. The van der Waals surface area contributed by atoms with Gasteiger partial charge in [-0.15, -0.1) is 12.6 Å². The molecule has 0 fully saturated rings. The predicted octanol–water partition coefficient (Wildman–Crippen LogP) is 9.79. The first-order valence-corrected chi connectivity index (χ1v) is 14.4. The van der Waals surface area contributed by atoms with E-state index in [1.54, 1.807) is 6.08 Å². The smallest absolute Gasteiger partial charge is 0.0429 e. The maximum atomic E-state index is 8.19. The molecular formula is C38H42N2S. The largest absolute Gasteiger partial charge is 0.402 e. The molecule has 0 saturated heterocycles. The van der Waals surface area contributed by atoms with Gasteiger partial charge in [0, 0.05) is 28.1 Å². The van der Waals surface area contributed by atoms with Gasteiger partial charge in [0.1, 0.15) is 0 Å². The van der Waals surface area contributed by atoms with Gasteiger partial charge in [0.05, 0.1) is 0 Å². The van der Waals surface area contributed by atoms with Crippen LogP contribution in [-0.2, 0) is 11.8 Å². The Morgan fingerprint density at radius 1 is 0.951 bits per heavy atom. The van der Waals surface area contributed by atoms with Gasteiger partial charge in [-0.3, -0.25) is 0 Å². The molecule has 0 atom stereocenters. The van der Waals surface area contributed by atoms with Gasteiger partial charge >= 0.3 is 0 Å². The molecule has 0 spiro atoms. The minimum Gasteiger partial charge on any atom is -0.402 e. The Kier molecular flexibility index (Phi) is 11.6. The van der Waals surface area contributed by atoms with Crippen LogP contribution in [0.15, 0.2) is 144 Å². The van der Waals surface area contributed by atoms with E-state index in [1.165, 1.54) is 16.7 Å². The normalized spacial score (nSPS) is 13.2. The second-order valence-electron chi connectivity index (χ2n) is 10.4. The summed E-state index contributed by atoms with van der Waals surface area (Å²) in [5.74, 6) is 0. The zero-order valence-corrected chi connectivity index (χ0v) is 25.6. The van der Waals surface area contributed by atoms with E-state index in [1.807, 2.05) is 38.2 Å². The first-order valence-electron chi connectivity index (χ1n) is 14.0. The maximum absolute atomic E-state index is 8.19. The Morgan fingerprint density at radius 2 is 1.56 bits per heavy atom. The van der Waals surface area contributed by atoms with Crippen molar-refractivity contribution in [2.24, 2.45) is 5.73 Å². The quantitative estimate of drug-likeness (QED) is 0.0881. The topological polar surface area (TPSA) is 49.9 Å². The van der Waals surface area contributed by atoms with Crippen molar-refractivity contribution in [2.75, 3.05) is 0 Å². The molecule has 3 heteroatoms. The Morgan fingerprint density at radius 3 is 2.10 bits per heavy atom. The second-order valence-corrected chi connectivity index (χ2v) is 10.9. The van der Waals surface area contributed by atoms with Gasteiger partial charge in [-0.2, -0.15) is 0 Å². The van der Waals surface area contributed by atoms with Gasteiger partial charge in [-0.05, 0) is 85.2 Å². The molecule has 3 aromatic carbocycles. The van der Waals surface area contributed by atoms with Crippen LogP contribution in [-0.4, -0.2) is 5.71 Å². The number of nitrogens with two attached hydrogens (primary N) is 1. The number of allylic oxidation sites excluding steroid dienone is 11. The number of hydrogen-bond acceptors (Lipinski definition) is 3.